The second-order valence-corrected chi connectivity index (χ2v) is 4.04. The van der Waals surface area contributed by atoms with Crippen molar-refractivity contribution in [3.8, 4) is 0 Å². The number of nitrogens with zero attached hydrogens (tertiary/aromatic N) is 4. The number of carboxylic acid groups (broad SMARTS) is 1. The predicted octanol–water partition coefficient (Wildman–Crippen LogP) is 0.0186. The molecule has 4 N–H and O–H groups in total. The van der Waals surface area contributed by atoms with E-state index < -0.39 is 11.9 Å². The molecule has 0 unspecified atom stereocenters. The Morgan fingerprint density at radius 2 is 2.15 bits per heavy atom. The molecule has 0 spiro atoms. The molecule has 0 saturated carbocycles. The highest BCUT2D eigenvalue weighted by molar-refractivity contribution is 5.98. The Bertz CT molecular complexity index is 644. The molecule has 0 saturated heterocycles. The Morgan fingerprint density at radius 1 is 1.40 bits per heavy atom. The normalized spacial score (nSPS) is 10.4. The lowest BCUT2D eigenvalue weighted by Crippen LogP contribution is -2.20. The van der Waals surface area contributed by atoms with Crippen LogP contribution in [0.5, 0.6) is 0 Å². The molecule has 0 fully saturated rings. The summed E-state index contributed by atoms with van der Waals surface area (Å²) in [5.74, 6) is -1.30. The van der Waals surface area contributed by atoms with Crippen LogP contribution in [-0.2, 0) is 17.9 Å². The first kappa shape index (κ1) is 13.6. The van der Waals surface area contributed by atoms with E-state index in [0.29, 0.717) is 12.4 Å². The van der Waals surface area contributed by atoms with E-state index in [9.17, 15) is 9.59 Å². The second kappa shape index (κ2) is 5.43. The summed E-state index contributed by atoms with van der Waals surface area (Å²) in [6.07, 6.45) is 3.03. The van der Waals surface area contributed by atoms with Gasteiger partial charge in [-0.05, 0) is 13.0 Å². The number of amides is 1. The molecular formula is C11H14N6O3. The zero-order chi connectivity index (χ0) is 14.7. The maximum absolute atomic E-state index is 11.8. The highest BCUT2D eigenvalue weighted by Crippen LogP contribution is 2.14. The predicted molar refractivity (Wildman–Crippen MR) is 70.1 cm³/mol. The molecule has 0 radical (unpaired) electrons. The molecule has 9 nitrogen and oxygen atoms in total. The van der Waals surface area contributed by atoms with Crippen molar-refractivity contribution in [2.24, 2.45) is 0 Å². The average Bonchev–Trinajstić information content (AvgIpc) is 2.95. The summed E-state index contributed by atoms with van der Waals surface area (Å²) in [7, 11) is 0. The third-order valence-electron chi connectivity index (χ3n) is 2.53. The molecule has 2 aromatic heterocycles. The van der Waals surface area contributed by atoms with E-state index in [-0.39, 0.29) is 17.9 Å². The number of nitrogens with one attached hydrogen (secondary N) is 1. The fourth-order valence-electron chi connectivity index (χ4n) is 1.64. The maximum Gasteiger partial charge on any atom is 0.358 e. The van der Waals surface area contributed by atoms with Gasteiger partial charge >= 0.3 is 5.97 Å². The van der Waals surface area contributed by atoms with Gasteiger partial charge in [0.1, 0.15) is 12.4 Å². The number of hydrogen-bond donors (Lipinski definition) is 3. The fraction of sp³-hybridized carbons (Fsp3) is 0.273. The smallest absolute Gasteiger partial charge is 0.358 e. The third kappa shape index (κ3) is 2.94. The summed E-state index contributed by atoms with van der Waals surface area (Å²) in [5.41, 5.74) is 5.40. The SMILES string of the molecule is CCn1cc(NC(=O)Cn2ccc(N)n2)c(C(=O)O)n1. The number of nitrogen functional groups attached to an aromatic ring is 1. The van der Waals surface area contributed by atoms with Crippen molar-refractivity contribution >= 4 is 23.4 Å². The van der Waals surface area contributed by atoms with Crippen LogP contribution in [0.2, 0.25) is 0 Å². The van der Waals surface area contributed by atoms with Gasteiger partial charge in [0, 0.05) is 18.9 Å². The first-order valence-corrected chi connectivity index (χ1v) is 5.89. The molecule has 0 aliphatic heterocycles. The topological polar surface area (TPSA) is 128 Å². The minimum atomic E-state index is -1.20. The molecule has 0 bridgehead atoms. The van der Waals surface area contributed by atoms with E-state index in [0.717, 1.165) is 0 Å². The van der Waals surface area contributed by atoms with Crippen LogP contribution >= 0.6 is 0 Å². The summed E-state index contributed by atoms with van der Waals surface area (Å²) in [6, 6.07) is 1.56. The van der Waals surface area contributed by atoms with Gasteiger partial charge in [-0.15, -0.1) is 0 Å². The lowest BCUT2D eigenvalue weighted by molar-refractivity contribution is -0.116. The van der Waals surface area contributed by atoms with Crippen molar-refractivity contribution in [3.63, 3.8) is 0 Å². The van der Waals surface area contributed by atoms with Gasteiger partial charge in [-0.3, -0.25) is 14.2 Å². The van der Waals surface area contributed by atoms with E-state index in [2.05, 4.69) is 15.5 Å². The van der Waals surface area contributed by atoms with Crippen LogP contribution in [0.3, 0.4) is 0 Å². The van der Waals surface area contributed by atoms with Gasteiger partial charge < -0.3 is 16.2 Å². The molecular weight excluding hydrogens is 264 g/mol. The van der Waals surface area contributed by atoms with Gasteiger partial charge in [-0.25, -0.2) is 4.79 Å². The number of hydrogen-bond acceptors (Lipinski definition) is 5. The van der Waals surface area contributed by atoms with E-state index in [1.165, 1.54) is 15.6 Å². The number of carboxylic acids is 1. The summed E-state index contributed by atoms with van der Waals surface area (Å²) in [5, 5.41) is 19.2. The van der Waals surface area contributed by atoms with Gasteiger partial charge in [-0.2, -0.15) is 10.2 Å². The Labute approximate surface area is 114 Å². The number of anilines is 2. The van der Waals surface area contributed by atoms with Crippen LogP contribution in [0, 0.1) is 0 Å². The Kier molecular flexibility index (Phi) is 3.69. The van der Waals surface area contributed by atoms with Gasteiger partial charge in [0.15, 0.2) is 5.69 Å². The van der Waals surface area contributed by atoms with Crippen molar-refractivity contribution in [3.05, 3.63) is 24.2 Å². The highest BCUT2D eigenvalue weighted by Gasteiger charge is 2.17. The van der Waals surface area contributed by atoms with Crippen molar-refractivity contribution in [1.29, 1.82) is 0 Å². The summed E-state index contributed by atoms with van der Waals surface area (Å²) >= 11 is 0. The summed E-state index contributed by atoms with van der Waals surface area (Å²) in [6.45, 7) is 2.26. The lowest BCUT2D eigenvalue weighted by Gasteiger charge is -2.03. The molecule has 1 amide bonds. The molecule has 106 valence electrons. The van der Waals surface area contributed by atoms with Gasteiger partial charge in [0.25, 0.3) is 0 Å². The number of aryl methyl sites for hydroxylation is 1. The van der Waals surface area contributed by atoms with Gasteiger partial charge in [-0.1, -0.05) is 0 Å². The van der Waals surface area contributed by atoms with Gasteiger partial charge in [0.2, 0.25) is 5.91 Å². The summed E-state index contributed by atoms with van der Waals surface area (Å²) in [4.78, 5) is 22.9. The number of rotatable bonds is 5. The van der Waals surface area contributed by atoms with E-state index >= 15 is 0 Å². The second-order valence-electron chi connectivity index (χ2n) is 4.04. The number of aromatic nitrogens is 4. The van der Waals surface area contributed by atoms with E-state index in [4.69, 9.17) is 10.8 Å². The Balaban J connectivity index is 2.10. The highest BCUT2D eigenvalue weighted by atomic mass is 16.4. The number of nitrogens with two attached hydrogens (primary N) is 1. The Hall–Kier alpha value is -2.84. The van der Waals surface area contributed by atoms with Crippen molar-refractivity contribution < 1.29 is 14.7 Å². The number of carbonyl (C=O) groups is 2. The lowest BCUT2D eigenvalue weighted by atomic mass is 10.3. The van der Waals surface area contributed by atoms with E-state index in [1.807, 2.05) is 6.92 Å². The quantitative estimate of drug-likeness (QED) is 0.707. The molecule has 2 aromatic rings. The molecule has 0 aliphatic rings. The van der Waals surface area contributed by atoms with Gasteiger partial charge in [0.05, 0.1) is 5.69 Å². The average molecular weight is 278 g/mol. The monoisotopic (exact) mass is 278 g/mol. The molecule has 9 heteroatoms. The Morgan fingerprint density at radius 3 is 2.70 bits per heavy atom. The molecule has 2 heterocycles. The van der Waals surface area contributed by atoms with Crippen LogP contribution in [0.1, 0.15) is 17.4 Å². The van der Waals surface area contributed by atoms with Crippen LogP contribution in [0.25, 0.3) is 0 Å². The minimum absolute atomic E-state index is 0.0619. The summed E-state index contributed by atoms with van der Waals surface area (Å²) < 4.78 is 2.79. The first-order chi connectivity index (χ1) is 9.49. The number of aromatic carboxylic acids is 1. The molecule has 0 atom stereocenters. The maximum atomic E-state index is 11.8. The van der Waals surface area contributed by atoms with E-state index in [1.54, 1.807) is 12.3 Å². The van der Waals surface area contributed by atoms with Crippen LogP contribution < -0.4 is 11.1 Å². The molecule has 2 rings (SSSR count). The minimum Gasteiger partial charge on any atom is -0.476 e. The molecule has 20 heavy (non-hydrogen) atoms. The zero-order valence-electron chi connectivity index (χ0n) is 10.8. The van der Waals surface area contributed by atoms with Crippen LogP contribution in [-0.4, -0.2) is 36.5 Å². The molecule has 0 aliphatic carbocycles. The third-order valence-corrected chi connectivity index (χ3v) is 2.53. The number of carbonyl (C=O) groups excluding carboxylic acids is 1. The largest absolute Gasteiger partial charge is 0.476 e. The fourth-order valence-corrected chi connectivity index (χ4v) is 1.64. The van der Waals surface area contributed by atoms with Crippen molar-refractivity contribution in [2.45, 2.75) is 20.0 Å². The standard InChI is InChI=1S/C11H14N6O3/c1-2-16-5-7(10(15-16)11(19)20)13-9(18)6-17-4-3-8(12)14-17/h3-5H,2,6H2,1H3,(H2,12,14)(H,13,18)(H,19,20). The first-order valence-electron chi connectivity index (χ1n) is 5.89. The van der Waals surface area contributed by atoms with Crippen molar-refractivity contribution in [1.82, 2.24) is 19.6 Å². The zero-order valence-corrected chi connectivity index (χ0v) is 10.8. The van der Waals surface area contributed by atoms with Crippen LogP contribution in [0.4, 0.5) is 11.5 Å². The van der Waals surface area contributed by atoms with Crippen molar-refractivity contribution in [2.75, 3.05) is 11.1 Å². The molecule has 0 aromatic carbocycles. The van der Waals surface area contributed by atoms with Crippen LogP contribution in [0.15, 0.2) is 18.5 Å².